The first-order valence-corrected chi connectivity index (χ1v) is 14.0. The van der Waals surface area contributed by atoms with E-state index in [1.165, 1.54) is 49.8 Å². The average Bonchev–Trinajstić information content (AvgIpc) is 2.98. The first-order valence-electron chi connectivity index (χ1n) is 12.5. The molecule has 2 heterocycles. The van der Waals surface area contributed by atoms with Crippen LogP contribution in [-0.4, -0.2) is 131 Å². The van der Waals surface area contributed by atoms with Crippen LogP contribution in [0.2, 0.25) is 0 Å². The van der Waals surface area contributed by atoms with Crippen LogP contribution in [0.15, 0.2) is 29.2 Å². The highest BCUT2D eigenvalue weighted by Gasteiger charge is 2.53. The fourth-order valence-corrected chi connectivity index (χ4v) is 5.98. The van der Waals surface area contributed by atoms with Gasteiger partial charge in [-0.05, 0) is 12.1 Å². The molecule has 2 fully saturated rings. The minimum Gasteiger partial charge on any atom is -0.376 e. The number of sulfonamides is 1. The second kappa shape index (κ2) is 15.0. The number of rotatable bonds is 14. The van der Waals surface area contributed by atoms with Gasteiger partial charge in [0.25, 0.3) is 5.69 Å². The molecule has 2 saturated heterocycles. The van der Waals surface area contributed by atoms with Crippen molar-refractivity contribution in [2.24, 2.45) is 0 Å². The number of nitrogens with zero attached hydrogens (tertiary/aromatic N) is 1. The Bertz CT molecular complexity index is 1080. The molecule has 17 heteroatoms. The maximum Gasteiger partial charge on any atom is 0.269 e. The Morgan fingerprint density at radius 1 is 0.707 bits per heavy atom. The lowest BCUT2D eigenvalue weighted by atomic mass is 9.97. The monoisotopic (exact) mass is 610 g/mol. The van der Waals surface area contributed by atoms with E-state index in [1.807, 2.05) is 0 Å². The highest BCUT2D eigenvalue weighted by atomic mass is 32.2. The Morgan fingerprint density at radius 2 is 1.17 bits per heavy atom. The molecule has 2 aliphatic rings. The van der Waals surface area contributed by atoms with E-state index in [-0.39, 0.29) is 17.1 Å². The van der Waals surface area contributed by atoms with Gasteiger partial charge in [0, 0.05) is 68.4 Å². The van der Waals surface area contributed by atoms with Gasteiger partial charge in [-0.25, -0.2) is 13.1 Å². The van der Waals surface area contributed by atoms with Crippen molar-refractivity contribution >= 4 is 15.7 Å². The maximum absolute atomic E-state index is 13.1. The molecule has 0 saturated carbocycles. The molecule has 1 aromatic carbocycles. The summed E-state index contributed by atoms with van der Waals surface area (Å²) < 4.78 is 86.1. The predicted octanol–water partition coefficient (Wildman–Crippen LogP) is 0.0334. The van der Waals surface area contributed by atoms with Gasteiger partial charge in [-0.2, -0.15) is 0 Å². The molecule has 2 aliphatic heterocycles. The molecule has 234 valence electrons. The highest BCUT2D eigenvalue weighted by Crippen LogP contribution is 2.34. The molecule has 1 N–H and O–H groups in total. The number of nitrogens with one attached hydrogen (secondary N) is 1. The third kappa shape index (κ3) is 7.38. The summed E-state index contributed by atoms with van der Waals surface area (Å²) in [7, 11) is 6.05. The Kier molecular flexibility index (Phi) is 12.3. The summed E-state index contributed by atoms with van der Waals surface area (Å²) in [5.74, 6) is 0. The number of non-ortho nitro benzene ring substituents is 1. The van der Waals surface area contributed by atoms with Crippen molar-refractivity contribution in [1.29, 1.82) is 0 Å². The van der Waals surface area contributed by atoms with Crippen LogP contribution in [0.5, 0.6) is 0 Å². The highest BCUT2D eigenvalue weighted by molar-refractivity contribution is 7.89. The van der Waals surface area contributed by atoms with E-state index in [1.54, 1.807) is 0 Å². The van der Waals surface area contributed by atoms with E-state index in [0.29, 0.717) is 0 Å². The number of nitro groups is 1. The molecule has 0 spiro atoms. The van der Waals surface area contributed by atoms with Crippen LogP contribution in [0.3, 0.4) is 0 Å². The molecule has 0 aromatic heterocycles. The van der Waals surface area contributed by atoms with Crippen LogP contribution in [0.1, 0.15) is 0 Å². The summed E-state index contributed by atoms with van der Waals surface area (Å²) in [6, 6.07) is 4.46. The maximum atomic E-state index is 13.1. The molecule has 0 amide bonds. The molecule has 3 rings (SSSR count). The van der Waals surface area contributed by atoms with Crippen molar-refractivity contribution in [3.05, 3.63) is 34.4 Å². The number of hydrogen-bond acceptors (Lipinski definition) is 14. The van der Waals surface area contributed by atoms with Crippen molar-refractivity contribution in [2.45, 2.75) is 66.5 Å². The van der Waals surface area contributed by atoms with E-state index < -0.39 is 76.5 Å². The third-order valence-corrected chi connectivity index (χ3v) is 8.43. The van der Waals surface area contributed by atoms with E-state index in [0.717, 1.165) is 24.3 Å². The van der Waals surface area contributed by atoms with Crippen molar-refractivity contribution in [1.82, 2.24) is 4.72 Å². The first-order chi connectivity index (χ1) is 19.6. The van der Waals surface area contributed by atoms with Crippen LogP contribution < -0.4 is 4.72 Å². The number of methoxy groups -OCH3 is 7. The molecule has 41 heavy (non-hydrogen) atoms. The van der Waals surface area contributed by atoms with E-state index in [2.05, 4.69) is 4.72 Å². The molecule has 16 nitrogen and oxygen atoms in total. The van der Waals surface area contributed by atoms with Gasteiger partial charge in [0.2, 0.25) is 10.0 Å². The van der Waals surface area contributed by atoms with Crippen molar-refractivity contribution in [2.75, 3.05) is 56.3 Å². The fourth-order valence-electron chi connectivity index (χ4n) is 4.93. The summed E-state index contributed by atoms with van der Waals surface area (Å²) in [5, 5.41) is 11.0. The van der Waals surface area contributed by atoms with Gasteiger partial charge >= 0.3 is 0 Å². The van der Waals surface area contributed by atoms with Crippen molar-refractivity contribution < 1.29 is 60.7 Å². The second-order valence-corrected chi connectivity index (χ2v) is 10.9. The minimum atomic E-state index is -4.11. The molecular weight excluding hydrogens is 572 g/mol. The van der Waals surface area contributed by atoms with Gasteiger partial charge in [-0.3, -0.25) is 10.1 Å². The van der Waals surface area contributed by atoms with Crippen LogP contribution in [-0.2, 0) is 57.4 Å². The summed E-state index contributed by atoms with van der Waals surface area (Å²) >= 11 is 0. The van der Waals surface area contributed by atoms with Crippen molar-refractivity contribution in [3.63, 3.8) is 0 Å². The summed E-state index contributed by atoms with van der Waals surface area (Å²) in [6.45, 7) is -0.299. The Labute approximate surface area is 238 Å². The molecule has 10 atom stereocenters. The molecule has 0 aliphatic carbocycles. The number of ether oxygens (including phenoxy) is 10. The molecule has 0 radical (unpaired) electrons. The first kappa shape index (κ1) is 33.6. The van der Waals surface area contributed by atoms with E-state index >= 15 is 0 Å². The number of nitro benzene ring substituents is 1. The van der Waals surface area contributed by atoms with Gasteiger partial charge in [-0.1, -0.05) is 0 Å². The van der Waals surface area contributed by atoms with Crippen LogP contribution in [0.4, 0.5) is 5.69 Å². The quantitative estimate of drug-likeness (QED) is 0.220. The zero-order valence-corrected chi connectivity index (χ0v) is 24.7. The number of hydrogen-bond donors (Lipinski definition) is 1. The van der Waals surface area contributed by atoms with Gasteiger partial charge in [0.15, 0.2) is 18.9 Å². The van der Waals surface area contributed by atoms with Crippen LogP contribution in [0.25, 0.3) is 0 Å². The largest absolute Gasteiger partial charge is 0.376 e. The lowest BCUT2D eigenvalue weighted by Gasteiger charge is -2.49. The fraction of sp³-hybridized carbons (Fsp3) is 0.750. The zero-order chi connectivity index (χ0) is 30.3. The van der Waals surface area contributed by atoms with Gasteiger partial charge in [-0.15, -0.1) is 0 Å². The Morgan fingerprint density at radius 3 is 1.63 bits per heavy atom. The number of benzene rings is 1. The molecule has 1 aromatic rings. The minimum absolute atomic E-state index is 0.177. The second-order valence-electron chi connectivity index (χ2n) is 9.09. The average molecular weight is 611 g/mol. The lowest BCUT2D eigenvalue weighted by Crippen LogP contribution is -2.66. The lowest BCUT2D eigenvalue weighted by molar-refractivity contribution is -0.385. The van der Waals surface area contributed by atoms with Gasteiger partial charge in [0.05, 0.1) is 9.82 Å². The predicted molar refractivity (Wildman–Crippen MR) is 138 cm³/mol. The van der Waals surface area contributed by atoms with Crippen LogP contribution in [0, 0.1) is 10.1 Å². The van der Waals surface area contributed by atoms with E-state index in [4.69, 9.17) is 47.4 Å². The summed E-state index contributed by atoms with van der Waals surface area (Å²) in [4.78, 5) is 10.2. The van der Waals surface area contributed by atoms with Crippen molar-refractivity contribution in [3.8, 4) is 0 Å². The summed E-state index contributed by atoms with van der Waals surface area (Å²) in [6.07, 6.45) is -8.63. The van der Waals surface area contributed by atoms with Gasteiger partial charge < -0.3 is 47.4 Å². The van der Waals surface area contributed by atoms with Crippen LogP contribution >= 0.6 is 0 Å². The third-order valence-electron chi connectivity index (χ3n) is 6.99. The molecular formula is C24H38N2O14S. The SMILES string of the molecule is COC1O[C@H](O[C@H]2[C@H](OC)[C@@H](OC)[C@@H](OC)O[C@@H]2CNS(=O)(=O)c2ccc([N+](=O)[O-])cc2)[C@@H](OC)[C@@H](OC)[C@@H]1OC. The molecule has 0 bridgehead atoms. The zero-order valence-electron chi connectivity index (χ0n) is 23.9. The standard InChI is InChI=1S/C24H38N2O14S/c1-31-17-16(39-24-21(35-5)18(32-2)20(34-4)23(37-7)40-24)15(38-22(36-6)19(17)33-3)12-25-41(29,30)14-10-8-13(9-11-14)26(27)28/h8-11,15-25H,12H2,1-7H3/t15-,16-,17+,18+,19-,20+,21+,22+,23?,24+/m1/s1. The smallest absolute Gasteiger partial charge is 0.269 e. The van der Waals surface area contributed by atoms with Gasteiger partial charge in [0.1, 0.15) is 42.7 Å². The normalized spacial score (nSPS) is 34.4. The Hall–Kier alpha value is -1.87. The summed E-state index contributed by atoms with van der Waals surface area (Å²) in [5.41, 5.74) is -0.246. The molecule has 1 unspecified atom stereocenters. The topological polar surface area (TPSA) is 182 Å². The Balaban J connectivity index is 1.90. The van der Waals surface area contributed by atoms with E-state index in [9.17, 15) is 18.5 Å².